The predicted molar refractivity (Wildman–Crippen MR) is 70.1 cm³/mol. The van der Waals surface area contributed by atoms with E-state index in [-0.39, 0.29) is 11.6 Å². The summed E-state index contributed by atoms with van der Waals surface area (Å²) >= 11 is 1.43. The van der Waals surface area contributed by atoms with Gasteiger partial charge < -0.3 is 4.90 Å². The number of nitrogens with zero attached hydrogens (tertiary/aromatic N) is 2. The Morgan fingerprint density at radius 1 is 1.39 bits per heavy atom. The number of hydrogen-bond donors (Lipinski definition) is 0. The van der Waals surface area contributed by atoms with Gasteiger partial charge in [0, 0.05) is 24.6 Å². The number of carbonyl (C=O) groups excluding carboxylic acids is 1. The van der Waals surface area contributed by atoms with Crippen molar-refractivity contribution < 1.29 is 9.72 Å². The van der Waals surface area contributed by atoms with Crippen molar-refractivity contribution in [2.24, 2.45) is 0 Å². The van der Waals surface area contributed by atoms with E-state index >= 15 is 0 Å². The molecule has 0 fully saturated rings. The maximum Gasteiger partial charge on any atom is 0.271 e. The first-order valence-corrected chi connectivity index (χ1v) is 6.08. The summed E-state index contributed by atoms with van der Waals surface area (Å²) in [6, 6.07) is 7.72. The third-order valence-corrected chi connectivity index (χ3v) is 3.18. The van der Waals surface area contributed by atoms with Gasteiger partial charge in [0.25, 0.3) is 11.6 Å². The van der Waals surface area contributed by atoms with Crippen LogP contribution in [0.1, 0.15) is 10.4 Å². The van der Waals surface area contributed by atoms with Gasteiger partial charge in [0.1, 0.15) is 0 Å². The minimum atomic E-state index is -0.480. The van der Waals surface area contributed by atoms with Crippen molar-refractivity contribution in [3.8, 4) is 0 Å². The molecule has 2 aromatic rings. The Morgan fingerprint density at radius 2 is 2.17 bits per heavy atom. The van der Waals surface area contributed by atoms with Crippen molar-refractivity contribution in [1.29, 1.82) is 0 Å². The van der Waals surface area contributed by atoms with Crippen LogP contribution in [0.2, 0.25) is 0 Å². The first kappa shape index (κ1) is 12.3. The van der Waals surface area contributed by atoms with Crippen molar-refractivity contribution in [2.45, 2.75) is 0 Å². The van der Waals surface area contributed by atoms with E-state index in [1.165, 1.54) is 28.4 Å². The highest BCUT2D eigenvalue weighted by Gasteiger charge is 2.15. The Balaban J connectivity index is 2.29. The highest BCUT2D eigenvalue weighted by molar-refractivity contribution is 7.08. The van der Waals surface area contributed by atoms with Gasteiger partial charge in [0.05, 0.1) is 16.2 Å². The molecule has 0 aliphatic carbocycles. The van der Waals surface area contributed by atoms with Crippen LogP contribution in [0.3, 0.4) is 0 Å². The zero-order chi connectivity index (χ0) is 13.1. The standard InChI is InChI=1S/C12H10N2O3S/c1-13(12(15)9-5-6-18-8-9)10-3-2-4-11(7-10)14(16)17/h2-8H,1H3. The summed E-state index contributed by atoms with van der Waals surface area (Å²) in [7, 11) is 1.60. The maximum atomic E-state index is 12.1. The normalized spacial score (nSPS) is 10.1. The number of carbonyl (C=O) groups is 1. The topological polar surface area (TPSA) is 63.5 Å². The summed E-state index contributed by atoms with van der Waals surface area (Å²) in [5.74, 6) is -0.184. The van der Waals surface area contributed by atoms with Gasteiger partial charge in [-0.05, 0) is 17.5 Å². The maximum absolute atomic E-state index is 12.1. The average molecular weight is 262 g/mol. The number of benzene rings is 1. The van der Waals surface area contributed by atoms with Gasteiger partial charge in [-0.3, -0.25) is 14.9 Å². The molecular formula is C12H10N2O3S. The zero-order valence-corrected chi connectivity index (χ0v) is 10.4. The third kappa shape index (κ3) is 2.38. The Labute approximate surface area is 107 Å². The molecule has 0 aliphatic rings. The van der Waals surface area contributed by atoms with E-state index in [4.69, 9.17) is 0 Å². The van der Waals surface area contributed by atoms with Gasteiger partial charge >= 0.3 is 0 Å². The van der Waals surface area contributed by atoms with Crippen molar-refractivity contribution in [3.05, 3.63) is 56.8 Å². The van der Waals surface area contributed by atoms with E-state index in [9.17, 15) is 14.9 Å². The Morgan fingerprint density at radius 3 is 2.78 bits per heavy atom. The van der Waals surface area contributed by atoms with Crippen molar-refractivity contribution in [1.82, 2.24) is 0 Å². The number of nitro benzene ring substituents is 1. The summed E-state index contributed by atoms with van der Waals surface area (Å²) in [4.78, 5) is 23.6. The van der Waals surface area contributed by atoms with Crippen LogP contribution in [0.25, 0.3) is 0 Å². The Bertz CT molecular complexity index is 581. The van der Waals surface area contributed by atoms with Gasteiger partial charge in [-0.25, -0.2) is 0 Å². The third-order valence-electron chi connectivity index (χ3n) is 2.50. The fourth-order valence-electron chi connectivity index (χ4n) is 1.51. The molecule has 0 unspecified atom stereocenters. The lowest BCUT2D eigenvalue weighted by Crippen LogP contribution is -2.25. The summed E-state index contributed by atoms with van der Waals surface area (Å²) in [5, 5.41) is 14.2. The monoisotopic (exact) mass is 262 g/mol. The molecule has 0 N–H and O–H groups in total. The molecule has 1 aromatic carbocycles. The fraction of sp³-hybridized carbons (Fsp3) is 0.0833. The number of hydrogen-bond acceptors (Lipinski definition) is 4. The molecule has 0 aliphatic heterocycles. The lowest BCUT2D eigenvalue weighted by Gasteiger charge is -2.16. The second-order valence-corrected chi connectivity index (χ2v) is 4.43. The summed E-state index contributed by atoms with van der Waals surface area (Å²) < 4.78 is 0. The number of nitro groups is 1. The van der Waals surface area contributed by atoms with Crippen LogP contribution in [0, 0.1) is 10.1 Å². The Kier molecular flexibility index (Phi) is 3.38. The molecule has 18 heavy (non-hydrogen) atoms. The van der Waals surface area contributed by atoms with E-state index < -0.39 is 4.92 Å². The molecule has 2 rings (SSSR count). The molecule has 5 nitrogen and oxygen atoms in total. The molecule has 0 bridgehead atoms. The van der Waals surface area contributed by atoms with Crippen LogP contribution in [0.5, 0.6) is 0 Å². The number of amides is 1. The summed E-state index contributed by atoms with van der Waals surface area (Å²) in [6.07, 6.45) is 0. The molecule has 92 valence electrons. The molecule has 6 heteroatoms. The van der Waals surface area contributed by atoms with E-state index in [0.717, 1.165) is 0 Å². The van der Waals surface area contributed by atoms with Crippen LogP contribution in [0.15, 0.2) is 41.1 Å². The van der Waals surface area contributed by atoms with Crippen LogP contribution < -0.4 is 4.90 Å². The quantitative estimate of drug-likeness (QED) is 0.631. The van der Waals surface area contributed by atoms with Gasteiger partial charge in [-0.2, -0.15) is 11.3 Å². The SMILES string of the molecule is CN(C(=O)c1ccsc1)c1cccc([N+](=O)[O-])c1. The first-order chi connectivity index (χ1) is 8.59. The molecule has 1 aromatic heterocycles. The molecule has 0 radical (unpaired) electrons. The number of anilines is 1. The smallest absolute Gasteiger partial charge is 0.271 e. The number of rotatable bonds is 3. The second-order valence-electron chi connectivity index (χ2n) is 3.65. The van der Waals surface area contributed by atoms with Gasteiger partial charge in [0.15, 0.2) is 0 Å². The van der Waals surface area contributed by atoms with E-state index in [2.05, 4.69) is 0 Å². The lowest BCUT2D eigenvalue weighted by molar-refractivity contribution is -0.384. The summed E-state index contributed by atoms with van der Waals surface area (Å²) in [6.45, 7) is 0. The molecule has 0 saturated heterocycles. The van der Waals surface area contributed by atoms with Crippen LogP contribution in [0.4, 0.5) is 11.4 Å². The van der Waals surface area contributed by atoms with Gasteiger partial charge in [0.2, 0.25) is 0 Å². The van der Waals surface area contributed by atoms with Gasteiger partial charge in [-0.15, -0.1) is 0 Å². The van der Waals surface area contributed by atoms with E-state index in [1.807, 2.05) is 5.38 Å². The largest absolute Gasteiger partial charge is 0.311 e. The Hall–Kier alpha value is -2.21. The number of non-ortho nitro benzene ring substituents is 1. The van der Waals surface area contributed by atoms with Gasteiger partial charge in [-0.1, -0.05) is 6.07 Å². The average Bonchev–Trinajstić information content (AvgIpc) is 2.91. The lowest BCUT2D eigenvalue weighted by atomic mass is 10.2. The minimum Gasteiger partial charge on any atom is -0.311 e. The fourth-order valence-corrected chi connectivity index (χ4v) is 2.14. The molecular weight excluding hydrogens is 252 g/mol. The van der Waals surface area contributed by atoms with Crippen LogP contribution >= 0.6 is 11.3 Å². The van der Waals surface area contributed by atoms with Crippen molar-refractivity contribution in [2.75, 3.05) is 11.9 Å². The number of thiophene rings is 1. The molecule has 1 heterocycles. The minimum absolute atomic E-state index is 0.0301. The van der Waals surface area contributed by atoms with Crippen LogP contribution in [-0.4, -0.2) is 17.9 Å². The molecule has 0 atom stereocenters. The van der Waals surface area contributed by atoms with Crippen molar-refractivity contribution >= 4 is 28.6 Å². The first-order valence-electron chi connectivity index (χ1n) is 5.14. The predicted octanol–water partition coefficient (Wildman–Crippen LogP) is 2.93. The zero-order valence-electron chi connectivity index (χ0n) is 9.57. The van der Waals surface area contributed by atoms with Crippen LogP contribution in [-0.2, 0) is 0 Å². The highest BCUT2D eigenvalue weighted by atomic mass is 32.1. The van der Waals surface area contributed by atoms with Crippen molar-refractivity contribution in [3.63, 3.8) is 0 Å². The van der Waals surface area contributed by atoms with E-state index in [0.29, 0.717) is 11.3 Å². The molecule has 0 saturated carbocycles. The highest BCUT2D eigenvalue weighted by Crippen LogP contribution is 2.22. The van der Waals surface area contributed by atoms with E-state index in [1.54, 1.807) is 30.6 Å². The second kappa shape index (κ2) is 4.97. The summed E-state index contributed by atoms with van der Waals surface area (Å²) in [5.41, 5.74) is 1.05. The molecule has 1 amide bonds. The molecule has 0 spiro atoms.